The normalized spacial score (nSPS) is 33.4. The molecule has 0 bridgehead atoms. The van der Waals surface area contributed by atoms with E-state index in [1.165, 1.54) is 70.9 Å². The van der Waals surface area contributed by atoms with Gasteiger partial charge in [0.1, 0.15) is 0 Å². The third-order valence-electron chi connectivity index (χ3n) is 5.53. The number of rotatable bonds is 5. The van der Waals surface area contributed by atoms with Gasteiger partial charge in [-0.15, -0.1) is 0 Å². The lowest BCUT2D eigenvalue weighted by Gasteiger charge is -2.32. The molecular weight excluding hydrogens is 208 g/mol. The van der Waals surface area contributed by atoms with Gasteiger partial charge in [0.05, 0.1) is 0 Å². The maximum atomic E-state index is 5.77. The Morgan fingerprint density at radius 1 is 1.06 bits per heavy atom. The lowest BCUT2D eigenvalue weighted by molar-refractivity contribution is 0.154. The molecule has 98 valence electrons. The minimum atomic E-state index is 0.649. The largest absolute Gasteiger partial charge is 0.330 e. The highest BCUT2D eigenvalue weighted by molar-refractivity contribution is 4.99. The smallest absolute Gasteiger partial charge is 0.0124 e. The molecule has 0 aromatic heterocycles. The Hall–Kier alpha value is -0.0800. The standard InChI is InChI=1S/C15H28N2/c16-10-9-15(7-8-15)12-17-11-3-6-14(17)13-4-1-2-5-13/h13-14H,1-12,16H2. The molecule has 0 spiro atoms. The average molecular weight is 236 g/mol. The summed E-state index contributed by atoms with van der Waals surface area (Å²) in [6, 6.07) is 0.938. The first-order chi connectivity index (χ1) is 8.33. The molecule has 2 aliphatic carbocycles. The van der Waals surface area contributed by atoms with Crippen LogP contribution in [0.2, 0.25) is 0 Å². The lowest BCUT2D eigenvalue weighted by atomic mass is 9.94. The van der Waals surface area contributed by atoms with Crippen molar-refractivity contribution in [2.45, 2.75) is 63.8 Å². The summed E-state index contributed by atoms with van der Waals surface area (Å²) < 4.78 is 0. The van der Waals surface area contributed by atoms with Gasteiger partial charge in [-0.25, -0.2) is 0 Å². The summed E-state index contributed by atoms with van der Waals surface area (Å²) >= 11 is 0. The molecule has 1 saturated heterocycles. The minimum Gasteiger partial charge on any atom is -0.330 e. The van der Waals surface area contributed by atoms with Crippen molar-refractivity contribution in [1.82, 2.24) is 4.90 Å². The van der Waals surface area contributed by atoms with Crippen LogP contribution >= 0.6 is 0 Å². The highest BCUT2D eigenvalue weighted by Gasteiger charge is 2.45. The maximum Gasteiger partial charge on any atom is 0.0124 e. The molecule has 1 aliphatic heterocycles. The highest BCUT2D eigenvalue weighted by Crippen LogP contribution is 2.50. The van der Waals surface area contributed by atoms with E-state index in [4.69, 9.17) is 5.73 Å². The van der Waals surface area contributed by atoms with Crippen molar-refractivity contribution in [3.63, 3.8) is 0 Å². The Labute approximate surface area is 106 Å². The molecule has 0 aromatic carbocycles. The van der Waals surface area contributed by atoms with E-state index in [9.17, 15) is 0 Å². The zero-order valence-electron chi connectivity index (χ0n) is 11.2. The molecule has 3 fully saturated rings. The summed E-state index contributed by atoms with van der Waals surface area (Å²) in [6.07, 6.45) is 13.1. The lowest BCUT2D eigenvalue weighted by Crippen LogP contribution is -2.39. The maximum absolute atomic E-state index is 5.77. The second-order valence-electron chi connectivity index (χ2n) is 6.76. The van der Waals surface area contributed by atoms with Crippen molar-refractivity contribution in [1.29, 1.82) is 0 Å². The summed E-state index contributed by atoms with van der Waals surface area (Å²) in [5.74, 6) is 1.03. The molecule has 3 aliphatic rings. The first-order valence-corrected chi connectivity index (χ1v) is 7.77. The molecule has 2 heteroatoms. The summed E-state index contributed by atoms with van der Waals surface area (Å²) in [5, 5.41) is 0. The molecule has 17 heavy (non-hydrogen) atoms. The van der Waals surface area contributed by atoms with Gasteiger partial charge in [-0.05, 0) is 69.4 Å². The molecule has 1 heterocycles. The van der Waals surface area contributed by atoms with Gasteiger partial charge in [0.15, 0.2) is 0 Å². The van der Waals surface area contributed by atoms with Crippen molar-refractivity contribution in [3.8, 4) is 0 Å². The number of hydrogen-bond donors (Lipinski definition) is 1. The topological polar surface area (TPSA) is 29.3 Å². The van der Waals surface area contributed by atoms with Crippen molar-refractivity contribution >= 4 is 0 Å². The molecule has 0 radical (unpaired) electrons. The quantitative estimate of drug-likeness (QED) is 0.795. The van der Waals surface area contributed by atoms with Crippen LogP contribution in [0, 0.1) is 11.3 Å². The van der Waals surface area contributed by atoms with Gasteiger partial charge in [0.2, 0.25) is 0 Å². The third-order valence-corrected chi connectivity index (χ3v) is 5.53. The zero-order chi connectivity index (χ0) is 11.7. The van der Waals surface area contributed by atoms with E-state index in [0.717, 1.165) is 18.5 Å². The second-order valence-corrected chi connectivity index (χ2v) is 6.76. The van der Waals surface area contributed by atoms with Crippen LogP contribution in [-0.4, -0.2) is 30.6 Å². The van der Waals surface area contributed by atoms with E-state index >= 15 is 0 Å². The monoisotopic (exact) mass is 236 g/mol. The van der Waals surface area contributed by atoms with Gasteiger partial charge >= 0.3 is 0 Å². The first kappa shape index (κ1) is 12.0. The van der Waals surface area contributed by atoms with Gasteiger partial charge in [-0.2, -0.15) is 0 Å². The number of hydrogen-bond acceptors (Lipinski definition) is 2. The van der Waals surface area contributed by atoms with Gasteiger partial charge in [0, 0.05) is 12.6 Å². The molecule has 2 nitrogen and oxygen atoms in total. The van der Waals surface area contributed by atoms with Crippen LogP contribution in [0.1, 0.15) is 57.8 Å². The van der Waals surface area contributed by atoms with Crippen LogP contribution in [0.3, 0.4) is 0 Å². The second kappa shape index (κ2) is 4.89. The van der Waals surface area contributed by atoms with Crippen LogP contribution in [0.4, 0.5) is 0 Å². The van der Waals surface area contributed by atoms with Crippen molar-refractivity contribution < 1.29 is 0 Å². The fraction of sp³-hybridized carbons (Fsp3) is 1.00. The zero-order valence-corrected chi connectivity index (χ0v) is 11.2. The van der Waals surface area contributed by atoms with Crippen molar-refractivity contribution in [2.24, 2.45) is 17.1 Å². The molecular formula is C15H28N2. The van der Waals surface area contributed by atoms with Gasteiger partial charge in [-0.1, -0.05) is 12.8 Å². The van der Waals surface area contributed by atoms with E-state index in [1.54, 1.807) is 0 Å². The first-order valence-electron chi connectivity index (χ1n) is 7.77. The van der Waals surface area contributed by atoms with Crippen molar-refractivity contribution in [3.05, 3.63) is 0 Å². The summed E-state index contributed by atoms with van der Waals surface area (Å²) in [7, 11) is 0. The minimum absolute atomic E-state index is 0.649. The SMILES string of the molecule is NCCC1(CN2CCCC2C2CCCC2)CC1. The van der Waals surface area contributed by atoms with E-state index in [1.807, 2.05) is 0 Å². The Bertz CT molecular complexity index is 254. The Morgan fingerprint density at radius 3 is 2.47 bits per heavy atom. The summed E-state index contributed by atoms with van der Waals surface area (Å²) in [4.78, 5) is 2.85. The number of likely N-dealkylation sites (tertiary alicyclic amines) is 1. The Morgan fingerprint density at radius 2 is 1.82 bits per heavy atom. The molecule has 1 atom stereocenters. The van der Waals surface area contributed by atoms with E-state index in [2.05, 4.69) is 4.90 Å². The fourth-order valence-corrected chi connectivity index (χ4v) is 4.33. The molecule has 0 aromatic rings. The van der Waals surface area contributed by atoms with E-state index in [-0.39, 0.29) is 0 Å². The number of nitrogens with two attached hydrogens (primary N) is 1. The van der Waals surface area contributed by atoms with Gasteiger partial charge < -0.3 is 5.73 Å². The summed E-state index contributed by atoms with van der Waals surface area (Å²) in [5.41, 5.74) is 6.42. The van der Waals surface area contributed by atoms with Gasteiger partial charge in [-0.3, -0.25) is 4.90 Å². The molecule has 2 N–H and O–H groups in total. The Balaban J connectivity index is 1.58. The molecule has 3 rings (SSSR count). The van der Waals surface area contributed by atoms with Crippen LogP contribution < -0.4 is 5.73 Å². The average Bonchev–Trinajstić information content (AvgIpc) is 2.77. The summed E-state index contributed by atoms with van der Waals surface area (Å²) in [6.45, 7) is 3.63. The predicted molar refractivity (Wildman–Crippen MR) is 71.9 cm³/mol. The highest BCUT2D eigenvalue weighted by atomic mass is 15.2. The Kier molecular flexibility index (Phi) is 3.45. The third kappa shape index (κ3) is 2.53. The van der Waals surface area contributed by atoms with E-state index in [0.29, 0.717) is 5.41 Å². The van der Waals surface area contributed by atoms with E-state index < -0.39 is 0 Å². The fourth-order valence-electron chi connectivity index (χ4n) is 4.33. The molecule has 1 unspecified atom stereocenters. The molecule has 2 saturated carbocycles. The predicted octanol–water partition coefficient (Wildman–Crippen LogP) is 2.77. The number of nitrogens with zero attached hydrogens (tertiary/aromatic N) is 1. The van der Waals surface area contributed by atoms with Crippen LogP contribution in [0.25, 0.3) is 0 Å². The molecule has 0 amide bonds. The van der Waals surface area contributed by atoms with Crippen LogP contribution in [0.15, 0.2) is 0 Å². The van der Waals surface area contributed by atoms with Crippen molar-refractivity contribution in [2.75, 3.05) is 19.6 Å². The van der Waals surface area contributed by atoms with Crippen LogP contribution in [0.5, 0.6) is 0 Å². The van der Waals surface area contributed by atoms with Gasteiger partial charge in [0.25, 0.3) is 0 Å². The van der Waals surface area contributed by atoms with Crippen LogP contribution in [-0.2, 0) is 0 Å².